The van der Waals surface area contributed by atoms with Crippen LogP contribution in [0.3, 0.4) is 0 Å². The molecule has 20 heavy (non-hydrogen) atoms. The summed E-state index contributed by atoms with van der Waals surface area (Å²) >= 11 is 1.75. The van der Waals surface area contributed by atoms with E-state index < -0.39 is 0 Å². The zero-order valence-corrected chi connectivity index (χ0v) is 12.7. The van der Waals surface area contributed by atoms with Crippen LogP contribution in [0.5, 0.6) is 0 Å². The highest BCUT2D eigenvalue weighted by molar-refractivity contribution is 7.99. The molecule has 0 bridgehead atoms. The monoisotopic (exact) mass is 288 g/mol. The van der Waals surface area contributed by atoms with Crippen molar-refractivity contribution in [3.63, 3.8) is 0 Å². The summed E-state index contributed by atoms with van der Waals surface area (Å²) in [5, 5.41) is 4.86. The summed E-state index contributed by atoms with van der Waals surface area (Å²) in [4.78, 5) is 4.25. The highest BCUT2D eigenvalue weighted by atomic mass is 32.2. The largest absolute Gasteiger partial charge is 0.440 e. The fourth-order valence-corrected chi connectivity index (χ4v) is 4.29. The molecule has 0 aliphatic heterocycles. The van der Waals surface area contributed by atoms with Crippen molar-refractivity contribution in [2.45, 2.75) is 42.7 Å². The second-order valence-corrected chi connectivity index (χ2v) is 6.45. The Balaban J connectivity index is 1.90. The summed E-state index contributed by atoms with van der Waals surface area (Å²) in [6.07, 6.45) is 4.50. The minimum absolute atomic E-state index is 0.365. The Labute approximate surface area is 124 Å². The average molecular weight is 288 g/mol. The molecule has 1 N–H and O–H groups in total. The van der Waals surface area contributed by atoms with Crippen molar-refractivity contribution in [3.8, 4) is 0 Å². The molecule has 3 rings (SSSR count). The van der Waals surface area contributed by atoms with Crippen molar-refractivity contribution < 1.29 is 4.42 Å². The molecule has 2 aromatic rings. The van der Waals surface area contributed by atoms with Gasteiger partial charge in [0.1, 0.15) is 6.26 Å². The fourth-order valence-electron chi connectivity index (χ4n) is 3.03. The number of rotatable bonds is 4. The molecule has 1 aliphatic rings. The van der Waals surface area contributed by atoms with Crippen LogP contribution in [0.1, 0.15) is 43.4 Å². The second kappa shape index (κ2) is 6.02. The molecular formula is C16H20N2OS. The van der Waals surface area contributed by atoms with E-state index in [0.717, 1.165) is 18.2 Å². The van der Waals surface area contributed by atoms with Crippen molar-refractivity contribution in [3.05, 3.63) is 47.9 Å². The van der Waals surface area contributed by atoms with Crippen molar-refractivity contribution in [2.75, 3.05) is 6.54 Å². The third-order valence-electron chi connectivity index (χ3n) is 3.91. The molecule has 1 aliphatic carbocycles. The Morgan fingerprint density at radius 1 is 1.35 bits per heavy atom. The van der Waals surface area contributed by atoms with Crippen molar-refractivity contribution in [1.82, 2.24) is 10.3 Å². The molecule has 3 nitrogen and oxygen atoms in total. The van der Waals surface area contributed by atoms with Crippen LogP contribution in [0.4, 0.5) is 0 Å². The van der Waals surface area contributed by atoms with Gasteiger partial charge < -0.3 is 9.73 Å². The van der Waals surface area contributed by atoms with Gasteiger partial charge in [-0.25, -0.2) is 4.98 Å². The van der Waals surface area contributed by atoms with E-state index in [0.29, 0.717) is 17.2 Å². The van der Waals surface area contributed by atoms with Gasteiger partial charge in [0, 0.05) is 11.3 Å². The van der Waals surface area contributed by atoms with Crippen LogP contribution in [0.15, 0.2) is 46.4 Å². The van der Waals surface area contributed by atoms with E-state index in [4.69, 9.17) is 4.42 Å². The number of fused-ring (bicyclic) bond motifs is 1. The Morgan fingerprint density at radius 2 is 2.15 bits per heavy atom. The maximum Gasteiger partial charge on any atom is 0.255 e. The molecule has 3 unspecified atom stereocenters. The zero-order valence-electron chi connectivity index (χ0n) is 11.9. The van der Waals surface area contributed by atoms with E-state index in [2.05, 4.69) is 48.4 Å². The minimum Gasteiger partial charge on any atom is -0.440 e. The normalized spacial score (nSPS) is 25.4. The van der Waals surface area contributed by atoms with Crippen LogP contribution in [-0.4, -0.2) is 16.8 Å². The lowest BCUT2D eigenvalue weighted by atomic mass is 9.80. The van der Waals surface area contributed by atoms with Gasteiger partial charge in [-0.15, -0.1) is 0 Å². The molecule has 0 amide bonds. The molecule has 1 heterocycles. The van der Waals surface area contributed by atoms with E-state index in [1.807, 2.05) is 0 Å². The first-order valence-corrected chi connectivity index (χ1v) is 8.06. The van der Waals surface area contributed by atoms with Crippen molar-refractivity contribution >= 4 is 11.8 Å². The topological polar surface area (TPSA) is 38.1 Å². The van der Waals surface area contributed by atoms with E-state index in [9.17, 15) is 0 Å². The lowest BCUT2D eigenvalue weighted by Gasteiger charge is -2.36. The first kappa shape index (κ1) is 13.7. The smallest absolute Gasteiger partial charge is 0.255 e. The van der Waals surface area contributed by atoms with Crippen LogP contribution in [-0.2, 0) is 0 Å². The van der Waals surface area contributed by atoms with Crippen LogP contribution >= 0.6 is 11.8 Å². The molecule has 1 aromatic heterocycles. The minimum atomic E-state index is 0.365. The van der Waals surface area contributed by atoms with E-state index >= 15 is 0 Å². The number of hydrogen-bond acceptors (Lipinski definition) is 4. The lowest BCUT2D eigenvalue weighted by Crippen LogP contribution is -2.35. The summed E-state index contributed by atoms with van der Waals surface area (Å²) in [5.74, 6) is 0.577. The molecule has 106 valence electrons. The highest BCUT2D eigenvalue weighted by Crippen LogP contribution is 2.44. The van der Waals surface area contributed by atoms with Crippen LogP contribution in [0, 0.1) is 0 Å². The quantitative estimate of drug-likeness (QED) is 0.923. The van der Waals surface area contributed by atoms with Crippen molar-refractivity contribution in [2.24, 2.45) is 0 Å². The maximum atomic E-state index is 5.41. The summed E-state index contributed by atoms with van der Waals surface area (Å²) in [6, 6.07) is 9.15. The molecule has 1 aromatic carbocycles. The van der Waals surface area contributed by atoms with Crippen LogP contribution in [0.25, 0.3) is 0 Å². The fraction of sp³-hybridized carbons (Fsp3) is 0.438. The number of hydrogen-bond donors (Lipinski definition) is 1. The van der Waals surface area contributed by atoms with Gasteiger partial charge in [-0.05, 0) is 30.0 Å². The summed E-state index contributed by atoms with van der Waals surface area (Å²) in [6.45, 7) is 5.44. The van der Waals surface area contributed by atoms with Gasteiger partial charge in [-0.2, -0.15) is 0 Å². The maximum absolute atomic E-state index is 5.41. The molecule has 3 atom stereocenters. The number of thioether (sulfide) groups is 1. The van der Waals surface area contributed by atoms with Gasteiger partial charge >= 0.3 is 0 Å². The van der Waals surface area contributed by atoms with Gasteiger partial charge in [-0.3, -0.25) is 0 Å². The summed E-state index contributed by atoms with van der Waals surface area (Å²) < 4.78 is 5.41. The van der Waals surface area contributed by atoms with Gasteiger partial charge in [0.15, 0.2) is 0 Å². The summed E-state index contributed by atoms with van der Waals surface area (Å²) in [7, 11) is 0. The standard InChI is InChI=1S/C16H20N2OS/c1-3-17-15-13-7-5-4-6-12(13)11(2)10-14(15)20-16-18-8-9-19-16/h4-9,11,14-15,17H,3,10H2,1-2H3. The number of nitrogens with one attached hydrogen (secondary N) is 1. The van der Waals surface area contributed by atoms with E-state index in [1.54, 1.807) is 24.2 Å². The van der Waals surface area contributed by atoms with Crippen LogP contribution < -0.4 is 5.32 Å². The molecule has 0 radical (unpaired) electrons. The molecular weight excluding hydrogens is 268 g/mol. The molecule has 0 saturated carbocycles. The number of aromatic nitrogens is 1. The number of nitrogens with zero attached hydrogens (tertiary/aromatic N) is 1. The zero-order chi connectivity index (χ0) is 13.9. The van der Waals surface area contributed by atoms with Gasteiger partial charge in [0.05, 0.1) is 6.20 Å². The Kier molecular flexibility index (Phi) is 4.13. The highest BCUT2D eigenvalue weighted by Gasteiger charge is 2.33. The Bertz CT molecular complexity index is 555. The van der Waals surface area contributed by atoms with E-state index in [-0.39, 0.29) is 0 Å². The Morgan fingerprint density at radius 3 is 2.85 bits per heavy atom. The first-order valence-electron chi connectivity index (χ1n) is 7.18. The van der Waals surface area contributed by atoms with Gasteiger partial charge in [0.2, 0.25) is 0 Å². The van der Waals surface area contributed by atoms with Gasteiger partial charge in [-0.1, -0.05) is 49.9 Å². The first-order chi connectivity index (χ1) is 9.79. The average Bonchev–Trinajstić information content (AvgIpc) is 2.96. The van der Waals surface area contributed by atoms with Crippen LogP contribution in [0.2, 0.25) is 0 Å². The SMILES string of the molecule is CCNC1c2ccccc2C(C)CC1Sc1ncco1. The molecule has 0 spiro atoms. The summed E-state index contributed by atoms with van der Waals surface area (Å²) in [5.41, 5.74) is 2.90. The second-order valence-electron chi connectivity index (χ2n) is 5.26. The molecule has 0 saturated heterocycles. The Hall–Kier alpha value is -1.26. The number of oxazole rings is 1. The van der Waals surface area contributed by atoms with Gasteiger partial charge in [0.25, 0.3) is 5.22 Å². The lowest BCUT2D eigenvalue weighted by molar-refractivity contribution is 0.432. The predicted molar refractivity (Wildman–Crippen MR) is 82.0 cm³/mol. The molecule has 0 fully saturated rings. The predicted octanol–water partition coefficient (Wildman–Crippen LogP) is 3.99. The number of benzene rings is 1. The van der Waals surface area contributed by atoms with Crippen molar-refractivity contribution in [1.29, 1.82) is 0 Å². The third-order valence-corrected chi connectivity index (χ3v) is 5.08. The molecule has 4 heteroatoms. The third kappa shape index (κ3) is 2.63. The van der Waals surface area contributed by atoms with E-state index in [1.165, 1.54) is 11.1 Å².